The van der Waals surface area contributed by atoms with Crippen LogP contribution in [0, 0.1) is 13.8 Å². The molecule has 0 amide bonds. The van der Waals surface area contributed by atoms with E-state index in [-0.39, 0.29) is 0 Å². The fourth-order valence-corrected chi connectivity index (χ4v) is 2.09. The van der Waals surface area contributed by atoms with E-state index >= 15 is 0 Å². The zero-order valence-corrected chi connectivity index (χ0v) is 10.6. The lowest BCUT2D eigenvalue weighted by Crippen LogP contribution is -1.90. The Morgan fingerprint density at radius 2 is 2.07 bits per heavy atom. The van der Waals surface area contributed by atoms with Crippen LogP contribution in [0.3, 0.4) is 0 Å². The van der Waals surface area contributed by atoms with Crippen LogP contribution < -0.4 is 0 Å². The molecule has 74 valence electrons. The molecule has 14 heavy (non-hydrogen) atoms. The average Bonchev–Trinajstić information content (AvgIpc) is 2.42. The Morgan fingerprint density at radius 1 is 1.43 bits per heavy atom. The molecule has 0 aliphatic heterocycles. The topological polar surface area (TPSA) is 17.8 Å². The van der Waals surface area contributed by atoms with E-state index < -0.39 is 0 Å². The molecule has 4 heteroatoms. The molecule has 1 aromatic carbocycles. The van der Waals surface area contributed by atoms with Gasteiger partial charge in [-0.3, -0.25) is 0 Å². The van der Waals surface area contributed by atoms with Gasteiger partial charge in [0.15, 0.2) is 0 Å². The second-order valence-electron chi connectivity index (χ2n) is 3.41. The minimum absolute atomic E-state index is 0.698. The molecule has 2 nitrogen and oxygen atoms in total. The van der Waals surface area contributed by atoms with Crippen LogP contribution in [0.15, 0.2) is 10.5 Å². The molecular weight excluding hydrogens is 263 g/mol. The number of nitrogens with zero attached hydrogens (tertiary/aromatic N) is 2. The van der Waals surface area contributed by atoms with E-state index in [1.54, 1.807) is 0 Å². The van der Waals surface area contributed by atoms with Crippen LogP contribution >= 0.6 is 27.5 Å². The Morgan fingerprint density at radius 3 is 2.71 bits per heavy atom. The second-order valence-corrected chi connectivity index (χ2v) is 4.58. The molecular formula is C10H10BrClN2. The van der Waals surface area contributed by atoms with Gasteiger partial charge in [-0.15, -0.1) is 0 Å². The average molecular weight is 274 g/mol. The van der Waals surface area contributed by atoms with Gasteiger partial charge in [-0.1, -0.05) is 11.6 Å². The second kappa shape index (κ2) is 3.24. The van der Waals surface area contributed by atoms with Crippen molar-refractivity contribution in [2.24, 2.45) is 7.05 Å². The van der Waals surface area contributed by atoms with E-state index in [0.717, 1.165) is 26.9 Å². The van der Waals surface area contributed by atoms with Crippen molar-refractivity contribution in [2.45, 2.75) is 13.8 Å². The third kappa shape index (κ3) is 1.27. The normalized spacial score (nSPS) is 11.2. The van der Waals surface area contributed by atoms with E-state index in [0.29, 0.717) is 5.02 Å². The quantitative estimate of drug-likeness (QED) is 0.717. The van der Waals surface area contributed by atoms with Gasteiger partial charge in [0.05, 0.1) is 10.5 Å². The predicted molar refractivity (Wildman–Crippen MR) is 62.9 cm³/mol. The number of aromatic nitrogens is 2. The Hall–Kier alpha value is -0.540. The van der Waals surface area contributed by atoms with Gasteiger partial charge in [0, 0.05) is 11.5 Å². The van der Waals surface area contributed by atoms with Crippen molar-refractivity contribution in [1.82, 2.24) is 9.55 Å². The summed E-state index contributed by atoms with van der Waals surface area (Å²) in [6, 6.07) is 2.09. The van der Waals surface area contributed by atoms with Gasteiger partial charge in [0.1, 0.15) is 11.3 Å². The van der Waals surface area contributed by atoms with Crippen LogP contribution in [0.25, 0.3) is 11.0 Å². The largest absolute Gasteiger partial charge is 0.331 e. The Kier molecular flexibility index (Phi) is 2.32. The van der Waals surface area contributed by atoms with Crippen molar-refractivity contribution in [3.05, 3.63) is 26.9 Å². The first-order valence-corrected chi connectivity index (χ1v) is 5.47. The van der Waals surface area contributed by atoms with E-state index in [4.69, 9.17) is 11.6 Å². The van der Waals surface area contributed by atoms with Crippen LogP contribution in [-0.2, 0) is 7.05 Å². The fraction of sp³-hybridized carbons (Fsp3) is 0.300. The molecule has 2 aromatic rings. The standard InChI is InChI=1S/C10H10BrClN2/c1-5-4-7-10(9(12)8(5)11)13-6(2)14(7)3/h4H,1-3H3. The van der Waals surface area contributed by atoms with Gasteiger partial charge >= 0.3 is 0 Å². The number of hydrogen-bond donors (Lipinski definition) is 0. The summed E-state index contributed by atoms with van der Waals surface area (Å²) in [6.45, 7) is 4.00. The lowest BCUT2D eigenvalue weighted by Gasteiger charge is -2.02. The Balaban J connectivity index is 2.98. The highest BCUT2D eigenvalue weighted by Gasteiger charge is 2.12. The van der Waals surface area contributed by atoms with Crippen molar-refractivity contribution < 1.29 is 0 Å². The molecule has 0 radical (unpaired) electrons. The summed E-state index contributed by atoms with van der Waals surface area (Å²) >= 11 is 9.65. The molecule has 1 heterocycles. The number of rotatable bonds is 0. The molecule has 0 aliphatic rings. The Bertz CT molecular complexity index is 517. The maximum absolute atomic E-state index is 6.19. The van der Waals surface area contributed by atoms with Gasteiger partial charge in [-0.05, 0) is 41.4 Å². The summed E-state index contributed by atoms with van der Waals surface area (Å²) in [5, 5.41) is 0.698. The van der Waals surface area contributed by atoms with Crippen molar-refractivity contribution in [3.8, 4) is 0 Å². The molecule has 0 bridgehead atoms. The third-order valence-corrected chi connectivity index (χ3v) is 4.08. The van der Waals surface area contributed by atoms with Gasteiger partial charge in [0.25, 0.3) is 0 Å². The minimum Gasteiger partial charge on any atom is -0.331 e. The molecule has 0 N–H and O–H groups in total. The van der Waals surface area contributed by atoms with E-state index in [2.05, 4.69) is 27.0 Å². The Labute approximate surface area is 96.0 Å². The van der Waals surface area contributed by atoms with Gasteiger partial charge in [0.2, 0.25) is 0 Å². The smallest absolute Gasteiger partial charge is 0.109 e. The first kappa shape index (κ1) is 9.99. The number of fused-ring (bicyclic) bond motifs is 1. The first-order valence-electron chi connectivity index (χ1n) is 4.30. The molecule has 0 unspecified atom stereocenters. The molecule has 0 atom stereocenters. The molecule has 0 spiro atoms. The van der Waals surface area contributed by atoms with E-state index in [1.165, 1.54) is 0 Å². The van der Waals surface area contributed by atoms with Crippen molar-refractivity contribution >= 4 is 38.6 Å². The van der Waals surface area contributed by atoms with E-state index in [9.17, 15) is 0 Å². The van der Waals surface area contributed by atoms with Gasteiger partial charge in [-0.25, -0.2) is 4.98 Å². The summed E-state index contributed by atoms with van der Waals surface area (Å²) in [5.74, 6) is 0.972. The van der Waals surface area contributed by atoms with Crippen LogP contribution in [0.2, 0.25) is 5.02 Å². The molecule has 0 aliphatic carbocycles. The number of halogens is 2. The van der Waals surface area contributed by atoms with Crippen molar-refractivity contribution in [1.29, 1.82) is 0 Å². The van der Waals surface area contributed by atoms with Crippen molar-refractivity contribution in [3.63, 3.8) is 0 Å². The number of hydrogen-bond acceptors (Lipinski definition) is 1. The van der Waals surface area contributed by atoms with Crippen LogP contribution in [0.1, 0.15) is 11.4 Å². The highest BCUT2D eigenvalue weighted by molar-refractivity contribution is 9.10. The molecule has 0 fully saturated rings. The highest BCUT2D eigenvalue weighted by atomic mass is 79.9. The van der Waals surface area contributed by atoms with Gasteiger partial charge in [-0.2, -0.15) is 0 Å². The monoisotopic (exact) mass is 272 g/mol. The summed E-state index contributed by atoms with van der Waals surface area (Å²) in [4.78, 5) is 4.42. The minimum atomic E-state index is 0.698. The van der Waals surface area contributed by atoms with Crippen LogP contribution in [0.5, 0.6) is 0 Å². The first-order chi connectivity index (χ1) is 6.52. The van der Waals surface area contributed by atoms with Gasteiger partial charge < -0.3 is 4.57 Å². The molecule has 1 aromatic heterocycles. The fourth-order valence-electron chi connectivity index (χ4n) is 1.50. The third-order valence-electron chi connectivity index (χ3n) is 2.46. The zero-order chi connectivity index (χ0) is 10.5. The predicted octanol–water partition coefficient (Wildman–Crippen LogP) is 3.61. The summed E-state index contributed by atoms with van der Waals surface area (Å²) in [7, 11) is 1.99. The molecule has 0 saturated heterocycles. The summed E-state index contributed by atoms with van der Waals surface area (Å²) in [5.41, 5.74) is 3.07. The number of benzene rings is 1. The SMILES string of the molecule is Cc1cc2c(nc(C)n2C)c(Cl)c1Br. The van der Waals surface area contributed by atoms with Crippen LogP contribution in [-0.4, -0.2) is 9.55 Å². The maximum Gasteiger partial charge on any atom is 0.109 e. The highest BCUT2D eigenvalue weighted by Crippen LogP contribution is 2.33. The molecule has 0 saturated carbocycles. The molecule has 2 rings (SSSR count). The van der Waals surface area contributed by atoms with Crippen molar-refractivity contribution in [2.75, 3.05) is 0 Å². The summed E-state index contributed by atoms with van der Waals surface area (Å²) < 4.78 is 2.98. The summed E-state index contributed by atoms with van der Waals surface area (Å²) in [6.07, 6.45) is 0. The van der Waals surface area contributed by atoms with Crippen LogP contribution in [0.4, 0.5) is 0 Å². The maximum atomic E-state index is 6.19. The number of imidazole rings is 1. The lowest BCUT2D eigenvalue weighted by molar-refractivity contribution is 0.885. The number of aryl methyl sites for hydroxylation is 3. The van der Waals surface area contributed by atoms with E-state index in [1.807, 2.05) is 25.5 Å². The lowest BCUT2D eigenvalue weighted by atomic mass is 10.2. The zero-order valence-electron chi connectivity index (χ0n) is 8.23.